The Hall–Kier alpha value is -3.26. The second kappa shape index (κ2) is 9.49. The lowest BCUT2D eigenvalue weighted by molar-refractivity contribution is -0.153. The van der Waals surface area contributed by atoms with Gasteiger partial charge in [-0.05, 0) is 61.0 Å². The summed E-state index contributed by atoms with van der Waals surface area (Å²) < 4.78 is 56.1. The van der Waals surface area contributed by atoms with Crippen LogP contribution in [0.2, 0.25) is 0 Å². The third-order valence-electron chi connectivity index (χ3n) is 4.45. The topological polar surface area (TPSA) is 9.23 Å². The summed E-state index contributed by atoms with van der Waals surface area (Å²) >= 11 is 0. The first kappa shape index (κ1) is 21.4. The van der Waals surface area contributed by atoms with Crippen LogP contribution in [0.25, 0.3) is 10.8 Å². The van der Waals surface area contributed by atoms with E-state index in [2.05, 4.69) is 22.7 Å². The zero-order valence-corrected chi connectivity index (χ0v) is 16.4. The van der Waals surface area contributed by atoms with Gasteiger partial charge >= 0.3 is 6.18 Å². The van der Waals surface area contributed by atoms with Crippen molar-refractivity contribution in [2.45, 2.75) is 25.9 Å². The summed E-state index contributed by atoms with van der Waals surface area (Å²) in [6.45, 7) is 0.631. The molecule has 0 aliphatic rings. The van der Waals surface area contributed by atoms with E-state index in [1.54, 1.807) is 12.1 Å². The summed E-state index contributed by atoms with van der Waals surface area (Å²) in [5, 5.41) is 1.33. The fourth-order valence-electron chi connectivity index (χ4n) is 2.95. The van der Waals surface area contributed by atoms with Gasteiger partial charge in [-0.3, -0.25) is 0 Å². The zero-order chi connectivity index (χ0) is 21.6. The summed E-state index contributed by atoms with van der Waals surface area (Å²) in [7, 11) is 0. The molecule has 0 unspecified atom stereocenters. The van der Waals surface area contributed by atoms with E-state index in [4.69, 9.17) is 0 Å². The van der Waals surface area contributed by atoms with Crippen molar-refractivity contribution in [3.8, 4) is 17.6 Å². The Morgan fingerprint density at radius 3 is 2.43 bits per heavy atom. The van der Waals surface area contributed by atoms with E-state index in [9.17, 15) is 17.6 Å². The molecule has 0 saturated carbocycles. The van der Waals surface area contributed by atoms with Crippen LogP contribution in [-0.2, 0) is 6.42 Å². The molecular weight excluding hydrogens is 392 g/mol. The molecule has 3 aromatic rings. The molecule has 0 bridgehead atoms. The first-order valence-electron chi connectivity index (χ1n) is 9.49. The molecule has 30 heavy (non-hydrogen) atoms. The van der Waals surface area contributed by atoms with Gasteiger partial charge < -0.3 is 4.74 Å². The van der Waals surface area contributed by atoms with Gasteiger partial charge in [0.25, 0.3) is 0 Å². The van der Waals surface area contributed by atoms with Crippen LogP contribution in [0, 0.1) is 17.7 Å². The molecule has 0 aromatic heterocycles. The Labute approximate surface area is 173 Å². The number of halogens is 4. The number of allylic oxidation sites excluding steroid dienone is 2. The van der Waals surface area contributed by atoms with Crippen molar-refractivity contribution in [2.75, 3.05) is 6.61 Å². The predicted octanol–water partition coefficient (Wildman–Crippen LogP) is 6.83. The number of rotatable bonds is 5. The van der Waals surface area contributed by atoms with Gasteiger partial charge in [-0.15, -0.1) is 0 Å². The normalized spacial score (nSPS) is 11.5. The van der Waals surface area contributed by atoms with Crippen molar-refractivity contribution in [1.29, 1.82) is 0 Å². The Morgan fingerprint density at radius 1 is 0.967 bits per heavy atom. The minimum atomic E-state index is -4.39. The maximum Gasteiger partial charge on any atom is 0.422 e. The highest BCUT2D eigenvalue weighted by atomic mass is 19.4. The minimum absolute atomic E-state index is 0.0972. The second-order valence-corrected chi connectivity index (χ2v) is 6.77. The lowest BCUT2D eigenvalue weighted by atomic mass is 10.0. The standard InChI is InChI=1S/C25H20F4O/c1-2-3-4-5-19-9-15-23-21(16-19)12-11-20(24(23)26)10-6-18-7-13-22(14-8-18)30-17-25(27,28)29/h2-3,7-9,11-16H,4-5,17H2,1H3/b3-2+. The molecule has 3 rings (SSSR count). The third-order valence-corrected chi connectivity index (χ3v) is 4.45. The van der Waals surface area contributed by atoms with Gasteiger partial charge in [-0.2, -0.15) is 13.2 Å². The van der Waals surface area contributed by atoms with Crippen molar-refractivity contribution >= 4 is 10.8 Å². The van der Waals surface area contributed by atoms with Gasteiger partial charge in [0.1, 0.15) is 11.6 Å². The number of benzene rings is 3. The van der Waals surface area contributed by atoms with Gasteiger partial charge in [0.15, 0.2) is 6.61 Å². The maximum atomic E-state index is 14.8. The van der Waals surface area contributed by atoms with E-state index in [-0.39, 0.29) is 17.1 Å². The molecule has 0 saturated heterocycles. The predicted molar refractivity (Wildman–Crippen MR) is 111 cm³/mol. The molecule has 154 valence electrons. The average molecular weight is 412 g/mol. The molecule has 0 atom stereocenters. The van der Waals surface area contributed by atoms with Crippen LogP contribution in [0.5, 0.6) is 5.75 Å². The molecule has 0 aliphatic heterocycles. The van der Waals surface area contributed by atoms with Crippen molar-refractivity contribution in [1.82, 2.24) is 0 Å². The Balaban J connectivity index is 1.75. The molecular formula is C25H20F4O. The average Bonchev–Trinajstić information content (AvgIpc) is 2.72. The molecule has 0 amide bonds. The van der Waals surface area contributed by atoms with E-state index in [0.717, 1.165) is 23.8 Å². The molecule has 0 spiro atoms. The number of alkyl halides is 3. The van der Waals surface area contributed by atoms with Gasteiger partial charge in [-0.25, -0.2) is 4.39 Å². The van der Waals surface area contributed by atoms with Gasteiger partial charge in [0.05, 0.1) is 5.56 Å². The summed E-state index contributed by atoms with van der Waals surface area (Å²) in [5.41, 5.74) is 1.96. The van der Waals surface area contributed by atoms with Crippen LogP contribution >= 0.6 is 0 Å². The maximum absolute atomic E-state index is 14.8. The molecule has 0 N–H and O–H groups in total. The van der Waals surface area contributed by atoms with Crippen LogP contribution < -0.4 is 4.74 Å². The molecule has 0 heterocycles. The smallest absolute Gasteiger partial charge is 0.422 e. The molecule has 0 aliphatic carbocycles. The summed E-state index contributed by atoms with van der Waals surface area (Å²) in [6, 6.07) is 15.0. The van der Waals surface area contributed by atoms with Crippen LogP contribution in [0.1, 0.15) is 30.0 Å². The minimum Gasteiger partial charge on any atom is -0.484 e. The lowest BCUT2D eigenvalue weighted by Crippen LogP contribution is -2.19. The van der Waals surface area contributed by atoms with E-state index in [0.29, 0.717) is 10.9 Å². The molecule has 1 nitrogen and oxygen atoms in total. The highest BCUT2D eigenvalue weighted by molar-refractivity contribution is 5.85. The van der Waals surface area contributed by atoms with Crippen LogP contribution in [0.3, 0.4) is 0 Å². The molecule has 0 radical (unpaired) electrons. The first-order chi connectivity index (χ1) is 14.4. The van der Waals surface area contributed by atoms with Crippen molar-refractivity contribution < 1.29 is 22.3 Å². The zero-order valence-electron chi connectivity index (χ0n) is 16.4. The van der Waals surface area contributed by atoms with Gasteiger partial charge in [-0.1, -0.05) is 48.3 Å². The number of ether oxygens (including phenoxy) is 1. The summed E-state index contributed by atoms with van der Waals surface area (Å²) in [4.78, 5) is 0. The quantitative estimate of drug-likeness (QED) is 0.254. The van der Waals surface area contributed by atoms with Crippen LogP contribution in [0.4, 0.5) is 17.6 Å². The third kappa shape index (κ3) is 5.87. The Kier molecular flexibility index (Phi) is 6.79. The highest BCUT2D eigenvalue weighted by Gasteiger charge is 2.28. The Morgan fingerprint density at radius 2 is 1.73 bits per heavy atom. The molecule has 0 fully saturated rings. The monoisotopic (exact) mass is 412 g/mol. The fraction of sp³-hybridized carbons (Fsp3) is 0.200. The molecule has 5 heteroatoms. The van der Waals surface area contributed by atoms with Crippen LogP contribution in [0.15, 0.2) is 66.7 Å². The SMILES string of the molecule is C/C=C/CCc1ccc2c(F)c(C#Cc3ccc(OCC(F)(F)F)cc3)ccc2c1. The van der Waals surface area contributed by atoms with Crippen molar-refractivity contribution in [3.63, 3.8) is 0 Å². The second-order valence-electron chi connectivity index (χ2n) is 6.77. The molecule has 3 aromatic carbocycles. The van der Waals surface area contributed by atoms with Crippen molar-refractivity contribution in [3.05, 3.63) is 89.3 Å². The fourth-order valence-corrected chi connectivity index (χ4v) is 2.95. The van der Waals surface area contributed by atoms with E-state index < -0.39 is 12.8 Å². The van der Waals surface area contributed by atoms with E-state index >= 15 is 0 Å². The number of hydrogen-bond donors (Lipinski definition) is 0. The first-order valence-corrected chi connectivity index (χ1v) is 9.49. The lowest BCUT2D eigenvalue weighted by Gasteiger charge is -2.08. The van der Waals surface area contributed by atoms with Crippen LogP contribution in [-0.4, -0.2) is 12.8 Å². The van der Waals surface area contributed by atoms with Gasteiger partial charge in [0.2, 0.25) is 0 Å². The number of hydrogen-bond acceptors (Lipinski definition) is 1. The van der Waals surface area contributed by atoms with Crippen molar-refractivity contribution in [2.24, 2.45) is 0 Å². The van der Waals surface area contributed by atoms with Gasteiger partial charge in [0, 0.05) is 10.9 Å². The summed E-state index contributed by atoms with van der Waals surface area (Å²) in [5.74, 6) is 5.35. The van der Waals surface area contributed by atoms with E-state index in [1.807, 2.05) is 31.2 Å². The van der Waals surface area contributed by atoms with E-state index in [1.165, 1.54) is 24.3 Å². The Bertz CT molecular complexity index is 1100. The number of aryl methyl sites for hydroxylation is 1. The number of fused-ring (bicyclic) bond motifs is 1. The highest BCUT2D eigenvalue weighted by Crippen LogP contribution is 2.23. The summed E-state index contributed by atoms with van der Waals surface area (Å²) in [6.07, 6.45) is 1.55. The largest absolute Gasteiger partial charge is 0.484 e.